The van der Waals surface area contributed by atoms with E-state index >= 15 is 0 Å². The van der Waals surface area contributed by atoms with Crippen molar-refractivity contribution in [1.29, 1.82) is 0 Å². The van der Waals surface area contributed by atoms with E-state index in [0.29, 0.717) is 30.4 Å². The number of hydrogen-bond donors (Lipinski definition) is 1. The first kappa shape index (κ1) is 20.4. The summed E-state index contributed by atoms with van der Waals surface area (Å²) in [5.41, 5.74) is 2.82. The number of ether oxygens (including phenoxy) is 1. The van der Waals surface area contributed by atoms with Crippen LogP contribution in [0.2, 0.25) is 0 Å². The molecule has 0 radical (unpaired) electrons. The largest absolute Gasteiger partial charge is 0.489 e. The quantitative estimate of drug-likeness (QED) is 0.550. The van der Waals surface area contributed by atoms with Gasteiger partial charge in [0.1, 0.15) is 12.4 Å². The zero-order valence-electron chi connectivity index (χ0n) is 16.6. The normalized spacial score (nSPS) is 15.8. The summed E-state index contributed by atoms with van der Waals surface area (Å²) >= 11 is 3.53. The number of aromatic nitrogens is 1. The maximum Gasteiger partial charge on any atom is 0.251 e. The summed E-state index contributed by atoms with van der Waals surface area (Å²) in [5, 5.41) is 3.08. The standard InChI is InChI=1S/C24H24BrN3O2/c25-21-6-2-7-22(13-21)28-11-9-18(16-28)15-27-24(29)20-5-1-8-23(12-20)30-17-19-4-3-10-26-14-19/h1-8,10,12-14,18H,9,11,15-17H2,(H,27,29). The number of carbonyl (C=O) groups excluding carboxylic acids is 1. The minimum absolute atomic E-state index is 0.0669. The smallest absolute Gasteiger partial charge is 0.251 e. The van der Waals surface area contributed by atoms with Gasteiger partial charge in [0.05, 0.1) is 0 Å². The van der Waals surface area contributed by atoms with E-state index in [0.717, 1.165) is 29.5 Å². The van der Waals surface area contributed by atoms with Crippen LogP contribution in [0.5, 0.6) is 5.75 Å². The monoisotopic (exact) mass is 465 g/mol. The molecule has 1 aliphatic heterocycles. The van der Waals surface area contributed by atoms with Gasteiger partial charge in [0.25, 0.3) is 5.91 Å². The number of nitrogens with one attached hydrogen (secondary N) is 1. The Balaban J connectivity index is 1.28. The summed E-state index contributed by atoms with van der Waals surface area (Å²) < 4.78 is 6.89. The lowest BCUT2D eigenvalue weighted by Gasteiger charge is -2.19. The number of nitrogens with zero attached hydrogens (tertiary/aromatic N) is 2. The molecule has 0 saturated carbocycles. The van der Waals surface area contributed by atoms with E-state index in [-0.39, 0.29) is 5.91 Å². The molecule has 2 heterocycles. The fourth-order valence-electron chi connectivity index (χ4n) is 3.62. The summed E-state index contributed by atoms with van der Waals surface area (Å²) in [5.74, 6) is 1.05. The highest BCUT2D eigenvalue weighted by Crippen LogP contribution is 2.26. The highest BCUT2D eigenvalue weighted by atomic mass is 79.9. The van der Waals surface area contributed by atoms with Crippen molar-refractivity contribution >= 4 is 27.5 Å². The Morgan fingerprint density at radius 2 is 2.07 bits per heavy atom. The zero-order valence-corrected chi connectivity index (χ0v) is 18.2. The van der Waals surface area contributed by atoms with Crippen LogP contribution >= 0.6 is 15.9 Å². The molecule has 5 nitrogen and oxygen atoms in total. The van der Waals surface area contributed by atoms with Crippen molar-refractivity contribution in [3.05, 3.63) is 88.7 Å². The molecule has 1 N–H and O–H groups in total. The maximum absolute atomic E-state index is 12.6. The second-order valence-electron chi connectivity index (χ2n) is 7.47. The number of benzene rings is 2. The predicted octanol–water partition coefficient (Wildman–Crippen LogP) is 4.68. The molecule has 1 fully saturated rings. The van der Waals surface area contributed by atoms with Crippen molar-refractivity contribution in [2.45, 2.75) is 13.0 Å². The highest BCUT2D eigenvalue weighted by molar-refractivity contribution is 9.10. The molecule has 1 atom stereocenters. The third-order valence-corrected chi connectivity index (χ3v) is 5.73. The van der Waals surface area contributed by atoms with Crippen LogP contribution in [-0.4, -0.2) is 30.5 Å². The molecule has 1 aromatic heterocycles. The average molecular weight is 466 g/mol. The van der Waals surface area contributed by atoms with Crippen LogP contribution in [-0.2, 0) is 6.61 Å². The lowest BCUT2D eigenvalue weighted by atomic mass is 10.1. The van der Waals surface area contributed by atoms with Gasteiger partial charge < -0.3 is 15.0 Å². The molecule has 0 bridgehead atoms. The molecular formula is C24H24BrN3O2. The number of hydrogen-bond acceptors (Lipinski definition) is 4. The van der Waals surface area contributed by atoms with E-state index in [1.807, 2.05) is 36.4 Å². The van der Waals surface area contributed by atoms with Crippen molar-refractivity contribution < 1.29 is 9.53 Å². The van der Waals surface area contributed by atoms with Gasteiger partial charge >= 0.3 is 0 Å². The number of rotatable bonds is 7. The van der Waals surface area contributed by atoms with Crippen molar-refractivity contribution in [3.8, 4) is 5.75 Å². The molecule has 30 heavy (non-hydrogen) atoms. The van der Waals surface area contributed by atoms with Gasteiger partial charge in [-0.2, -0.15) is 0 Å². The van der Waals surface area contributed by atoms with Gasteiger partial charge in [0, 0.05) is 53.3 Å². The molecule has 0 aliphatic carbocycles. The number of amides is 1. The number of pyridine rings is 1. The fourth-order valence-corrected chi connectivity index (χ4v) is 4.01. The molecule has 6 heteroatoms. The van der Waals surface area contributed by atoms with Crippen LogP contribution in [0.25, 0.3) is 0 Å². The Bertz CT molecular complexity index is 997. The van der Waals surface area contributed by atoms with Crippen molar-refractivity contribution in [2.75, 3.05) is 24.5 Å². The summed E-state index contributed by atoms with van der Waals surface area (Å²) in [6, 6.07) is 19.5. The van der Waals surface area contributed by atoms with Gasteiger partial charge in [0.2, 0.25) is 0 Å². The lowest BCUT2D eigenvalue weighted by Crippen LogP contribution is -2.31. The van der Waals surface area contributed by atoms with Crippen molar-refractivity contribution in [1.82, 2.24) is 10.3 Å². The molecule has 4 rings (SSSR count). The molecule has 154 valence electrons. The Kier molecular flexibility index (Phi) is 6.64. The first-order valence-electron chi connectivity index (χ1n) is 10.1. The van der Waals surface area contributed by atoms with E-state index in [2.05, 4.69) is 49.3 Å². The van der Waals surface area contributed by atoms with Crippen LogP contribution < -0.4 is 15.0 Å². The Labute approximate surface area is 185 Å². The highest BCUT2D eigenvalue weighted by Gasteiger charge is 2.23. The van der Waals surface area contributed by atoms with Gasteiger partial charge in [-0.1, -0.05) is 34.1 Å². The Morgan fingerprint density at radius 3 is 2.90 bits per heavy atom. The van der Waals surface area contributed by atoms with E-state index in [1.165, 1.54) is 5.69 Å². The Morgan fingerprint density at radius 1 is 1.17 bits per heavy atom. The molecule has 1 saturated heterocycles. The predicted molar refractivity (Wildman–Crippen MR) is 122 cm³/mol. The van der Waals surface area contributed by atoms with Gasteiger partial charge in [0.15, 0.2) is 0 Å². The molecule has 0 spiro atoms. The van der Waals surface area contributed by atoms with Gasteiger partial charge in [-0.25, -0.2) is 0 Å². The number of anilines is 1. The van der Waals surface area contributed by atoms with E-state index in [4.69, 9.17) is 4.74 Å². The van der Waals surface area contributed by atoms with Gasteiger partial charge in [-0.05, 0) is 54.8 Å². The molecule has 1 amide bonds. The van der Waals surface area contributed by atoms with Gasteiger partial charge in [-0.15, -0.1) is 0 Å². The van der Waals surface area contributed by atoms with Crippen molar-refractivity contribution in [3.63, 3.8) is 0 Å². The zero-order chi connectivity index (χ0) is 20.8. The maximum atomic E-state index is 12.6. The van der Waals surface area contributed by atoms with Gasteiger partial charge in [-0.3, -0.25) is 9.78 Å². The number of carbonyl (C=O) groups is 1. The molecule has 1 aliphatic rings. The minimum atomic E-state index is -0.0669. The van der Waals surface area contributed by atoms with Crippen LogP contribution in [0, 0.1) is 5.92 Å². The molecular weight excluding hydrogens is 442 g/mol. The molecule has 3 aromatic rings. The third-order valence-electron chi connectivity index (χ3n) is 5.24. The third kappa shape index (κ3) is 5.39. The SMILES string of the molecule is O=C(NCC1CCN(c2cccc(Br)c2)C1)c1cccc(OCc2cccnc2)c1. The second-order valence-corrected chi connectivity index (χ2v) is 8.38. The molecule has 2 aromatic carbocycles. The number of halogens is 1. The van der Waals surface area contributed by atoms with Crippen LogP contribution in [0.1, 0.15) is 22.3 Å². The van der Waals surface area contributed by atoms with E-state index < -0.39 is 0 Å². The second kappa shape index (κ2) is 9.76. The van der Waals surface area contributed by atoms with E-state index in [9.17, 15) is 4.79 Å². The van der Waals surface area contributed by atoms with E-state index in [1.54, 1.807) is 18.5 Å². The lowest BCUT2D eigenvalue weighted by molar-refractivity contribution is 0.0947. The first-order chi connectivity index (χ1) is 14.7. The van der Waals surface area contributed by atoms with Crippen LogP contribution in [0.15, 0.2) is 77.5 Å². The van der Waals surface area contributed by atoms with Crippen LogP contribution in [0.3, 0.4) is 0 Å². The summed E-state index contributed by atoms with van der Waals surface area (Å²) in [4.78, 5) is 19.1. The summed E-state index contributed by atoms with van der Waals surface area (Å²) in [7, 11) is 0. The first-order valence-corrected chi connectivity index (χ1v) is 10.9. The summed E-state index contributed by atoms with van der Waals surface area (Å²) in [6.07, 6.45) is 4.58. The molecule has 1 unspecified atom stereocenters. The van der Waals surface area contributed by atoms with Crippen LogP contribution in [0.4, 0.5) is 5.69 Å². The minimum Gasteiger partial charge on any atom is -0.489 e. The fraction of sp³-hybridized carbons (Fsp3) is 0.250. The summed E-state index contributed by atoms with van der Waals surface area (Å²) in [6.45, 7) is 3.05. The Hall–Kier alpha value is -2.86. The topological polar surface area (TPSA) is 54.5 Å². The average Bonchev–Trinajstić information content (AvgIpc) is 3.26. The van der Waals surface area contributed by atoms with Crippen molar-refractivity contribution in [2.24, 2.45) is 5.92 Å².